The lowest BCUT2D eigenvalue weighted by Gasteiger charge is -2.16. The number of aldehydes is 1. The lowest BCUT2D eigenvalue weighted by atomic mass is 9.92. The van der Waals surface area contributed by atoms with Gasteiger partial charge in [0.05, 0.1) is 7.11 Å². The monoisotopic (exact) mass is 245 g/mol. The first-order valence-electron chi connectivity index (χ1n) is 6.62. The van der Waals surface area contributed by atoms with E-state index in [1.165, 1.54) is 12.0 Å². The van der Waals surface area contributed by atoms with Gasteiger partial charge in [0, 0.05) is 18.4 Å². The fourth-order valence-corrected chi connectivity index (χ4v) is 3.29. The normalized spacial score (nSPS) is 28.8. The van der Waals surface area contributed by atoms with Crippen LogP contribution in [-0.2, 0) is 16.6 Å². The summed E-state index contributed by atoms with van der Waals surface area (Å²) in [4.78, 5) is 10.5. The number of benzene rings is 1. The highest BCUT2D eigenvalue weighted by Gasteiger charge is 2.58. The van der Waals surface area contributed by atoms with Gasteiger partial charge >= 0.3 is 0 Å². The van der Waals surface area contributed by atoms with Crippen LogP contribution in [-0.4, -0.2) is 26.5 Å². The molecule has 96 valence electrons. The molecule has 1 heterocycles. The molecule has 1 aromatic rings. The van der Waals surface area contributed by atoms with Crippen molar-refractivity contribution in [2.24, 2.45) is 5.92 Å². The van der Waals surface area contributed by atoms with Crippen molar-refractivity contribution in [1.29, 1.82) is 0 Å². The second-order valence-corrected chi connectivity index (χ2v) is 5.42. The molecule has 3 nitrogen and oxygen atoms in total. The van der Waals surface area contributed by atoms with E-state index in [1.807, 2.05) is 0 Å². The zero-order valence-corrected chi connectivity index (χ0v) is 10.7. The molecule has 0 spiro atoms. The van der Waals surface area contributed by atoms with Gasteiger partial charge in [-0.25, -0.2) is 0 Å². The van der Waals surface area contributed by atoms with Crippen molar-refractivity contribution >= 4 is 6.29 Å². The Bertz CT molecular complexity index is 472. The Labute approximate surface area is 108 Å². The predicted molar refractivity (Wildman–Crippen MR) is 70.0 cm³/mol. The third-order valence-electron chi connectivity index (χ3n) is 4.45. The summed E-state index contributed by atoms with van der Waals surface area (Å²) in [7, 11) is 1.69. The Morgan fingerprint density at radius 1 is 1.56 bits per heavy atom. The average Bonchev–Trinajstić information content (AvgIpc) is 2.98. The first kappa shape index (κ1) is 11.7. The average molecular weight is 245 g/mol. The van der Waals surface area contributed by atoms with Gasteiger partial charge in [-0.05, 0) is 42.5 Å². The van der Waals surface area contributed by atoms with Gasteiger partial charge in [-0.3, -0.25) is 0 Å². The minimum atomic E-state index is 0.377. The number of aryl methyl sites for hydroxylation is 1. The fraction of sp³-hybridized carbons (Fsp3) is 0.533. The van der Waals surface area contributed by atoms with E-state index in [0.29, 0.717) is 11.8 Å². The Morgan fingerprint density at radius 3 is 3.06 bits per heavy atom. The van der Waals surface area contributed by atoms with Crippen LogP contribution in [0.3, 0.4) is 0 Å². The standard InChI is InChI=1S/C15H19NO2/c1-18-14-5-4-12(7-11(14)3-2-6-17)15-8-13(15)9-16-10-15/h4-7,13,16H,2-3,8-10H2,1H3/t13-,15-/m1/s1. The van der Waals surface area contributed by atoms with E-state index in [-0.39, 0.29) is 0 Å². The molecule has 3 rings (SSSR count). The summed E-state index contributed by atoms with van der Waals surface area (Å²) >= 11 is 0. The number of hydrogen-bond donors (Lipinski definition) is 1. The van der Waals surface area contributed by atoms with Crippen molar-refractivity contribution in [3.8, 4) is 5.75 Å². The summed E-state index contributed by atoms with van der Waals surface area (Å²) in [6, 6.07) is 6.49. The molecule has 2 fully saturated rings. The molecule has 1 aromatic carbocycles. The van der Waals surface area contributed by atoms with E-state index in [0.717, 1.165) is 43.0 Å². The van der Waals surface area contributed by atoms with Crippen LogP contribution < -0.4 is 10.1 Å². The van der Waals surface area contributed by atoms with Crippen LogP contribution in [0.4, 0.5) is 0 Å². The van der Waals surface area contributed by atoms with Gasteiger partial charge in [0.1, 0.15) is 12.0 Å². The van der Waals surface area contributed by atoms with Gasteiger partial charge < -0.3 is 14.8 Å². The largest absolute Gasteiger partial charge is 0.496 e. The maximum atomic E-state index is 10.5. The van der Waals surface area contributed by atoms with Crippen LogP contribution in [0.1, 0.15) is 24.0 Å². The maximum Gasteiger partial charge on any atom is 0.122 e. The number of nitrogens with one attached hydrogen (secondary N) is 1. The molecule has 1 aliphatic carbocycles. The molecule has 0 amide bonds. The molecule has 1 saturated heterocycles. The molecule has 1 N–H and O–H groups in total. The molecule has 1 aliphatic heterocycles. The number of carbonyl (C=O) groups excluding carboxylic acids is 1. The molecular weight excluding hydrogens is 226 g/mol. The Hall–Kier alpha value is -1.35. The van der Waals surface area contributed by atoms with Gasteiger partial charge in [0.25, 0.3) is 0 Å². The number of carbonyl (C=O) groups is 1. The summed E-state index contributed by atoms with van der Waals surface area (Å²) in [5, 5.41) is 3.46. The molecular formula is C15H19NO2. The van der Waals surface area contributed by atoms with Crippen molar-refractivity contribution in [2.45, 2.75) is 24.7 Å². The fourth-order valence-electron chi connectivity index (χ4n) is 3.29. The first-order valence-corrected chi connectivity index (χ1v) is 6.62. The van der Waals surface area contributed by atoms with E-state index in [9.17, 15) is 4.79 Å². The van der Waals surface area contributed by atoms with Crippen LogP contribution in [0.25, 0.3) is 0 Å². The summed E-state index contributed by atoms with van der Waals surface area (Å²) in [5.74, 6) is 1.71. The number of rotatable bonds is 5. The van der Waals surface area contributed by atoms with Gasteiger partial charge in [0.15, 0.2) is 0 Å². The van der Waals surface area contributed by atoms with Crippen molar-refractivity contribution in [2.75, 3.05) is 20.2 Å². The topological polar surface area (TPSA) is 38.3 Å². The quantitative estimate of drug-likeness (QED) is 0.802. The van der Waals surface area contributed by atoms with E-state index in [4.69, 9.17) is 4.74 Å². The van der Waals surface area contributed by atoms with E-state index >= 15 is 0 Å². The molecule has 0 radical (unpaired) electrons. The number of ether oxygens (including phenoxy) is 1. The molecule has 0 aromatic heterocycles. The minimum absolute atomic E-state index is 0.377. The third-order valence-corrected chi connectivity index (χ3v) is 4.45. The van der Waals surface area contributed by atoms with Gasteiger partial charge in [-0.1, -0.05) is 12.1 Å². The lowest BCUT2D eigenvalue weighted by Crippen LogP contribution is -2.19. The minimum Gasteiger partial charge on any atom is -0.496 e. The van der Waals surface area contributed by atoms with Crippen LogP contribution >= 0.6 is 0 Å². The molecule has 1 saturated carbocycles. The van der Waals surface area contributed by atoms with E-state index in [2.05, 4.69) is 23.5 Å². The highest BCUT2D eigenvalue weighted by molar-refractivity contribution is 5.52. The number of methoxy groups -OCH3 is 1. The number of hydrogen-bond acceptors (Lipinski definition) is 3. The Balaban J connectivity index is 1.90. The second kappa shape index (κ2) is 4.39. The second-order valence-electron chi connectivity index (χ2n) is 5.42. The van der Waals surface area contributed by atoms with Crippen LogP contribution in [0.15, 0.2) is 18.2 Å². The number of piperidine rings is 1. The molecule has 3 heteroatoms. The SMILES string of the molecule is COc1ccc([C@@]23CNC[C@H]2C3)cc1CCC=O. The van der Waals surface area contributed by atoms with E-state index in [1.54, 1.807) is 7.11 Å². The number of fused-ring (bicyclic) bond motifs is 1. The first-order chi connectivity index (χ1) is 8.80. The highest BCUT2D eigenvalue weighted by Crippen LogP contribution is 2.56. The van der Waals surface area contributed by atoms with Crippen LogP contribution in [0.2, 0.25) is 0 Å². The molecule has 2 atom stereocenters. The smallest absolute Gasteiger partial charge is 0.122 e. The van der Waals surface area contributed by atoms with Crippen LogP contribution in [0.5, 0.6) is 5.75 Å². The van der Waals surface area contributed by atoms with Crippen molar-refractivity contribution in [3.05, 3.63) is 29.3 Å². The van der Waals surface area contributed by atoms with Gasteiger partial charge in [0.2, 0.25) is 0 Å². The summed E-state index contributed by atoms with van der Waals surface area (Å²) in [6.07, 6.45) is 3.62. The predicted octanol–water partition coefficient (Wildman–Crippen LogP) is 1.69. The van der Waals surface area contributed by atoms with E-state index < -0.39 is 0 Å². The maximum absolute atomic E-state index is 10.5. The van der Waals surface area contributed by atoms with Gasteiger partial charge in [-0.2, -0.15) is 0 Å². The van der Waals surface area contributed by atoms with Crippen molar-refractivity contribution < 1.29 is 9.53 Å². The molecule has 0 unspecified atom stereocenters. The highest BCUT2D eigenvalue weighted by atomic mass is 16.5. The van der Waals surface area contributed by atoms with Crippen molar-refractivity contribution in [3.63, 3.8) is 0 Å². The van der Waals surface area contributed by atoms with Crippen molar-refractivity contribution in [1.82, 2.24) is 5.32 Å². The third kappa shape index (κ3) is 1.74. The zero-order chi connectivity index (χ0) is 12.6. The summed E-state index contributed by atoms with van der Waals surface area (Å²) < 4.78 is 5.38. The molecule has 0 bridgehead atoms. The Morgan fingerprint density at radius 2 is 2.44 bits per heavy atom. The van der Waals surface area contributed by atoms with Crippen LogP contribution in [0, 0.1) is 5.92 Å². The molecule has 2 aliphatic rings. The Kier molecular flexibility index (Phi) is 2.86. The summed E-state index contributed by atoms with van der Waals surface area (Å²) in [6.45, 7) is 2.24. The van der Waals surface area contributed by atoms with Gasteiger partial charge in [-0.15, -0.1) is 0 Å². The zero-order valence-electron chi connectivity index (χ0n) is 10.7. The summed E-state index contributed by atoms with van der Waals surface area (Å²) in [5.41, 5.74) is 2.95. The molecule has 18 heavy (non-hydrogen) atoms. The lowest BCUT2D eigenvalue weighted by molar-refractivity contribution is -0.107.